The Morgan fingerprint density at radius 3 is 2.45 bits per heavy atom. The standard InChI is InChI=1S/C14H17F3N2O/c15-14(16,17)11-5-2-6-18-13(11)19-7-9-3-1-4-10(8-19)12(9)20/h2,5-6,9-10,12,20H,1,3-4,7-8H2. The van der Waals surface area contributed by atoms with Crippen LogP contribution in [0.2, 0.25) is 0 Å². The summed E-state index contributed by atoms with van der Waals surface area (Å²) in [6.45, 7) is 0.912. The molecule has 0 aromatic carbocycles. The summed E-state index contributed by atoms with van der Waals surface area (Å²) in [6, 6.07) is 2.38. The molecule has 1 aliphatic carbocycles. The van der Waals surface area contributed by atoms with E-state index < -0.39 is 11.7 Å². The number of aromatic nitrogens is 1. The van der Waals surface area contributed by atoms with Gasteiger partial charge in [0.15, 0.2) is 0 Å². The minimum Gasteiger partial charge on any atom is -0.392 e. The van der Waals surface area contributed by atoms with Crippen molar-refractivity contribution in [3.05, 3.63) is 23.9 Å². The number of aliphatic hydroxyl groups is 1. The first-order chi connectivity index (χ1) is 9.47. The maximum atomic E-state index is 13.1. The molecule has 3 nitrogen and oxygen atoms in total. The lowest BCUT2D eigenvalue weighted by atomic mass is 9.75. The normalized spacial score (nSPS) is 30.4. The predicted molar refractivity (Wildman–Crippen MR) is 68.3 cm³/mol. The van der Waals surface area contributed by atoms with Gasteiger partial charge in [-0.3, -0.25) is 0 Å². The number of rotatable bonds is 1. The molecule has 1 aromatic heterocycles. The Balaban J connectivity index is 1.91. The van der Waals surface area contributed by atoms with E-state index in [1.807, 2.05) is 0 Å². The van der Waals surface area contributed by atoms with E-state index in [-0.39, 0.29) is 23.8 Å². The van der Waals surface area contributed by atoms with Gasteiger partial charge < -0.3 is 10.0 Å². The van der Waals surface area contributed by atoms with Gasteiger partial charge in [0.2, 0.25) is 0 Å². The van der Waals surface area contributed by atoms with Crippen molar-refractivity contribution in [2.45, 2.75) is 31.5 Å². The van der Waals surface area contributed by atoms with E-state index in [9.17, 15) is 18.3 Å². The first-order valence-corrected chi connectivity index (χ1v) is 6.92. The van der Waals surface area contributed by atoms with Crippen LogP contribution in [0.5, 0.6) is 0 Å². The summed E-state index contributed by atoms with van der Waals surface area (Å²) in [4.78, 5) is 5.64. The molecular weight excluding hydrogens is 269 g/mol. The van der Waals surface area contributed by atoms with E-state index in [0.29, 0.717) is 13.1 Å². The molecule has 2 aliphatic rings. The summed E-state index contributed by atoms with van der Waals surface area (Å²) in [7, 11) is 0. The van der Waals surface area contributed by atoms with Crippen molar-refractivity contribution in [3.63, 3.8) is 0 Å². The Morgan fingerprint density at radius 2 is 1.85 bits per heavy atom. The van der Waals surface area contributed by atoms with Gasteiger partial charge in [-0.05, 0) is 25.0 Å². The number of pyridine rings is 1. The number of anilines is 1. The molecule has 1 aromatic rings. The fourth-order valence-electron chi connectivity index (χ4n) is 3.45. The highest BCUT2D eigenvalue weighted by Gasteiger charge is 2.42. The Hall–Kier alpha value is -1.30. The maximum absolute atomic E-state index is 13.1. The van der Waals surface area contributed by atoms with Gasteiger partial charge in [-0.2, -0.15) is 13.2 Å². The molecule has 1 aliphatic heterocycles. The number of hydrogen-bond acceptors (Lipinski definition) is 3. The van der Waals surface area contributed by atoms with Gasteiger partial charge in [-0.25, -0.2) is 4.98 Å². The van der Waals surface area contributed by atoms with Gasteiger partial charge >= 0.3 is 6.18 Å². The smallest absolute Gasteiger partial charge is 0.392 e. The van der Waals surface area contributed by atoms with Gasteiger partial charge in [0.1, 0.15) is 5.82 Å². The van der Waals surface area contributed by atoms with Crippen LogP contribution in [0.15, 0.2) is 18.3 Å². The summed E-state index contributed by atoms with van der Waals surface area (Å²) in [6.07, 6.45) is -0.572. The highest BCUT2D eigenvalue weighted by Crippen LogP contribution is 2.40. The van der Waals surface area contributed by atoms with Crippen LogP contribution in [0.1, 0.15) is 24.8 Å². The molecule has 3 rings (SSSR count). The Kier molecular flexibility index (Phi) is 3.36. The van der Waals surface area contributed by atoms with Crippen molar-refractivity contribution in [2.24, 2.45) is 11.8 Å². The highest BCUT2D eigenvalue weighted by molar-refractivity contribution is 5.49. The Bertz CT molecular complexity index is 478. The van der Waals surface area contributed by atoms with E-state index in [1.54, 1.807) is 4.90 Å². The van der Waals surface area contributed by atoms with Crippen molar-refractivity contribution in [3.8, 4) is 0 Å². The van der Waals surface area contributed by atoms with Crippen LogP contribution < -0.4 is 4.90 Å². The number of piperidine rings is 1. The third-order valence-corrected chi connectivity index (χ3v) is 4.42. The number of halogens is 3. The number of fused-ring (bicyclic) bond motifs is 2. The van der Waals surface area contributed by atoms with Gasteiger partial charge in [0.25, 0.3) is 0 Å². The summed E-state index contributed by atoms with van der Waals surface area (Å²) < 4.78 is 39.2. The molecule has 2 fully saturated rings. The van der Waals surface area contributed by atoms with Crippen LogP contribution in [0.4, 0.5) is 19.0 Å². The van der Waals surface area contributed by atoms with E-state index in [4.69, 9.17) is 0 Å². The van der Waals surface area contributed by atoms with Crippen molar-refractivity contribution in [1.29, 1.82) is 0 Å². The first kappa shape index (κ1) is 13.7. The second-order valence-electron chi connectivity index (χ2n) is 5.72. The second-order valence-corrected chi connectivity index (χ2v) is 5.72. The monoisotopic (exact) mass is 286 g/mol. The lowest BCUT2D eigenvalue weighted by molar-refractivity contribution is -0.137. The number of aliphatic hydroxyl groups excluding tert-OH is 1. The fraction of sp³-hybridized carbons (Fsp3) is 0.643. The van der Waals surface area contributed by atoms with Crippen molar-refractivity contribution >= 4 is 5.82 Å². The molecule has 0 spiro atoms. The van der Waals surface area contributed by atoms with Crippen LogP contribution in [0, 0.1) is 11.8 Å². The van der Waals surface area contributed by atoms with Gasteiger partial charge in [-0.1, -0.05) is 6.42 Å². The topological polar surface area (TPSA) is 36.4 Å². The van der Waals surface area contributed by atoms with E-state index in [0.717, 1.165) is 25.3 Å². The average Bonchev–Trinajstić information content (AvgIpc) is 2.37. The SMILES string of the molecule is OC1C2CCCC1CN(c1ncccc1C(F)(F)F)C2. The quantitative estimate of drug-likeness (QED) is 0.862. The van der Waals surface area contributed by atoms with Crippen LogP contribution >= 0.6 is 0 Å². The minimum absolute atomic E-state index is 0.00352. The largest absolute Gasteiger partial charge is 0.419 e. The zero-order valence-electron chi connectivity index (χ0n) is 11.0. The molecule has 110 valence electrons. The number of hydrogen-bond donors (Lipinski definition) is 1. The van der Waals surface area contributed by atoms with Gasteiger partial charge in [-0.15, -0.1) is 0 Å². The lowest BCUT2D eigenvalue weighted by Crippen LogP contribution is -2.52. The molecule has 2 bridgehead atoms. The van der Waals surface area contributed by atoms with E-state index in [1.165, 1.54) is 12.3 Å². The van der Waals surface area contributed by atoms with E-state index in [2.05, 4.69) is 4.98 Å². The van der Waals surface area contributed by atoms with E-state index >= 15 is 0 Å². The number of nitrogens with zero attached hydrogens (tertiary/aromatic N) is 2. The predicted octanol–water partition coefficient (Wildman–Crippen LogP) is 2.70. The molecule has 1 saturated carbocycles. The molecule has 0 radical (unpaired) electrons. The number of alkyl halides is 3. The summed E-state index contributed by atoms with van der Waals surface area (Å²) in [5, 5.41) is 10.1. The zero-order chi connectivity index (χ0) is 14.3. The van der Waals surface area contributed by atoms with Gasteiger partial charge in [0, 0.05) is 31.1 Å². The zero-order valence-corrected chi connectivity index (χ0v) is 11.0. The molecule has 1 N–H and O–H groups in total. The van der Waals surface area contributed by atoms with Crippen molar-refractivity contribution < 1.29 is 18.3 Å². The van der Waals surface area contributed by atoms with Crippen LogP contribution in [0.3, 0.4) is 0 Å². The highest BCUT2D eigenvalue weighted by atomic mass is 19.4. The Morgan fingerprint density at radius 1 is 1.20 bits per heavy atom. The second kappa shape index (κ2) is 4.91. The average molecular weight is 286 g/mol. The summed E-state index contributed by atoms with van der Waals surface area (Å²) >= 11 is 0. The Labute approximate surface area is 115 Å². The fourth-order valence-corrected chi connectivity index (χ4v) is 3.45. The van der Waals surface area contributed by atoms with Crippen molar-refractivity contribution in [2.75, 3.05) is 18.0 Å². The molecule has 6 heteroatoms. The molecule has 20 heavy (non-hydrogen) atoms. The summed E-state index contributed by atoms with van der Waals surface area (Å²) in [5.41, 5.74) is -0.686. The molecular formula is C14H17F3N2O. The third-order valence-electron chi connectivity index (χ3n) is 4.42. The third kappa shape index (κ3) is 2.37. The van der Waals surface area contributed by atoms with Crippen molar-refractivity contribution in [1.82, 2.24) is 4.98 Å². The summed E-state index contributed by atoms with van der Waals surface area (Å²) in [5.74, 6) is 0.125. The lowest BCUT2D eigenvalue weighted by Gasteiger charge is -2.45. The molecule has 2 unspecified atom stereocenters. The van der Waals surface area contributed by atoms with Gasteiger partial charge in [0.05, 0.1) is 11.7 Å². The maximum Gasteiger partial charge on any atom is 0.419 e. The molecule has 1 saturated heterocycles. The molecule has 2 atom stereocenters. The van der Waals surface area contributed by atoms with Crippen LogP contribution in [-0.2, 0) is 6.18 Å². The minimum atomic E-state index is -4.39. The van der Waals surface area contributed by atoms with Crippen LogP contribution in [0.25, 0.3) is 0 Å². The first-order valence-electron chi connectivity index (χ1n) is 6.92. The molecule has 2 heterocycles. The van der Waals surface area contributed by atoms with Crippen LogP contribution in [-0.4, -0.2) is 29.3 Å². The molecule has 0 amide bonds.